The minimum atomic E-state index is -3.36. The van der Waals surface area contributed by atoms with E-state index in [1.807, 2.05) is 37.3 Å². The predicted octanol–water partition coefficient (Wildman–Crippen LogP) is 2.82. The molecule has 0 atom stereocenters. The average Bonchev–Trinajstić information content (AvgIpc) is 3.02. The molecular formula is C20H32IN5O2S. The highest BCUT2D eigenvalue weighted by molar-refractivity contribution is 14.0. The third-order valence-corrected chi connectivity index (χ3v) is 6.22. The van der Waals surface area contributed by atoms with Crippen molar-refractivity contribution in [3.63, 3.8) is 0 Å². The number of aliphatic imine (C=N–C) groups is 1. The fourth-order valence-electron chi connectivity index (χ4n) is 2.86. The Morgan fingerprint density at radius 3 is 2.34 bits per heavy atom. The first kappa shape index (κ1) is 25.4. The smallest absolute Gasteiger partial charge is 0.193 e. The number of nitrogens with one attached hydrogen (secondary N) is 1. The molecule has 1 N–H and O–H groups in total. The molecule has 0 aliphatic carbocycles. The third-order valence-electron chi connectivity index (χ3n) is 4.48. The zero-order valence-corrected chi connectivity index (χ0v) is 21.2. The third kappa shape index (κ3) is 7.29. The highest BCUT2D eigenvalue weighted by atomic mass is 127. The van der Waals surface area contributed by atoms with Crippen LogP contribution < -0.4 is 5.32 Å². The van der Waals surface area contributed by atoms with Crippen LogP contribution in [0.5, 0.6) is 0 Å². The van der Waals surface area contributed by atoms with Crippen LogP contribution in [-0.2, 0) is 28.8 Å². The number of hydrogen-bond donors (Lipinski definition) is 1. The lowest BCUT2D eigenvalue weighted by Crippen LogP contribution is -2.40. The number of hydrogen-bond acceptors (Lipinski definition) is 4. The summed E-state index contributed by atoms with van der Waals surface area (Å²) in [6.45, 7) is 7.23. The van der Waals surface area contributed by atoms with Crippen molar-refractivity contribution >= 4 is 39.8 Å². The van der Waals surface area contributed by atoms with Crippen molar-refractivity contribution in [3.05, 3.63) is 47.8 Å². The zero-order valence-electron chi connectivity index (χ0n) is 18.0. The van der Waals surface area contributed by atoms with Gasteiger partial charge < -0.3 is 10.2 Å². The van der Waals surface area contributed by atoms with E-state index >= 15 is 0 Å². The molecule has 0 aliphatic heterocycles. The number of benzene rings is 1. The minimum Gasteiger partial charge on any atom is -0.355 e. The monoisotopic (exact) mass is 533 g/mol. The van der Waals surface area contributed by atoms with Gasteiger partial charge in [-0.2, -0.15) is 5.10 Å². The van der Waals surface area contributed by atoms with Gasteiger partial charge in [-0.05, 0) is 23.1 Å². The van der Waals surface area contributed by atoms with Gasteiger partial charge in [-0.3, -0.25) is 9.67 Å². The summed E-state index contributed by atoms with van der Waals surface area (Å²) < 4.78 is 27.0. The number of aryl methyl sites for hydroxylation is 1. The summed E-state index contributed by atoms with van der Waals surface area (Å²) >= 11 is 0. The molecule has 2 aromatic rings. The Kier molecular flexibility index (Phi) is 9.13. The number of rotatable bonds is 6. The van der Waals surface area contributed by atoms with Gasteiger partial charge in [0.05, 0.1) is 16.8 Å². The summed E-state index contributed by atoms with van der Waals surface area (Å²) in [4.78, 5) is 6.51. The van der Waals surface area contributed by atoms with E-state index in [9.17, 15) is 8.42 Å². The van der Waals surface area contributed by atoms with Gasteiger partial charge in [0.2, 0.25) is 0 Å². The Hall–Kier alpha value is -1.62. The second kappa shape index (κ2) is 10.4. The standard InChI is InChI=1S/C20H31N5O2S.HI/c1-20(2,3)17-7-9-18(10-8-17)28(26,27)12-11-22-19(21-4)24(5)14-16-13-23-25(6)15-16;/h7-10,13,15H,11-12,14H2,1-6H3,(H,21,22);1H. The first-order valence-electron chi connectivity index (χ1n) is 9.25. The molecule has 1 aromatic heterocycles. The Bertz CT molecular complexity index is 915. The molecule has 0 bridgehead atoms. The van der Waals surface area contributed by atoms with Crippen LogP contribution in [0.4, 0.5) is 0 Å². The highest BCUT2D eigenvalue weighted by Crippen LogP contribution is 2.23. The SMILES string of the molecule is CN=C(NCCS(=O)(=O)c1ccc(C(C)(C)C)cc1)N(C)Cc1cnn(C)c1.I. The highest BCUT2D eigenvalue weighted by Gasteiger charge is 2.18. The maximum atomic E-state index is 12.6. The van der Waals surface area contributed by atoms with Crippen LogP contribution in [0.1, 0.15) is 31.9 Å². The van der Waals surface area contributed by atoms with Crippen molar-refractivity contribution in [2.75, 3.05) is 26.4 Å². The first-order valence-corrected chi connectivity index (χ1v) is 10.9. The number of sulfone groups is 1. The van der Waals surface area contributed by atoms with Crippen LogP contribution in [0.2, 0.25) is 0 Å². The molecule has 0 aliphatic rings. The fraction of sp³-hybridized carbons (Fsp3) is 0.500. The Balaban J connectivity index is 0.00000420. The summed E-state index contributed by atoms with van der Waals surface area (Å²) in [7, 11) is 2.10. The molecule has 0 radical (unpaired) electrons. The van der Waals surface area contributed by atoms with Crippen molar-refractivity contribution in [1.82, 2.24) is 20.0 Å². The zero-order chi connectivity index (χ0) is 20.9. The van der Waals surface area contributed by atoms with Gasteiger partial charge in [-0.15, -0.1) is 24.0 Å². The second-order valence-corrected chi connectivity index (χ2v) is 10.1. The fourth-order valence-corrected chi connectivity index (χ4v) is 4.02. The van der Waals surface area contributed by atoms with Gasteiger partial charge in [0.15, 0.2) is 15.8 Å². The lowest BCUT2D eigenvalue weighted by Gasteiger charge is -2.21. The van der Waals surface area contributed by atoms with Crippen LogP contribution >= 0.6 is 24.0 Å². The van der Waals surface area contributed by atoms with Crippen LogP contribution in [0, 0.1) is 0 Å². The largest absolute Gasteiger partial charge is 0.355 e. The Labute approximate surface area is 191 Å². The molecule has 29 heavy (non-hydrogen) atoms. The Morgan fingerprint density at radius 2 is 1.86 bits per heavy atom. The van der Waals surface area contributed by atoms with Gasteiger partial charge in [0, 0.05) is 46.0 Å². The van der Waals surface area contributed by atoms with E-state index in [1.165, 1.54) is 0 Å². The average molecular weight is 533 g/mol. The molecule has 0 amide bonds. The lowest BCUT2D eigenvalue weighted by molar-refractivity contribution is 0.478. The van der Waals surface area contributed by atoms with E-state index in [0.29, 0.717) is 17.4 Å². The summed E-state index contributed by atoms with van der Waals surface area (Å²) in [5.74, 6) is 0.642. The molecule has 1 aromatic carbocycles. The molecule has 0 saturated carbocycles. The molecule has 0 unspecified atom stereocenters. The number of halogens is 1. The molecule has 0 saturated heterocycles. The van der Waals surface area contributed by atoms with Crippen LogP contribution in [0.15, 0.2) is 46.5 Å². The molecule has 7 nitrogen and oxygen atoms in total. The topological polar surface area (TPSA) is 79.6 Å². The van der Waals surface area contributed by atoms with Crippen molar-refractivity contribution < 1.29 is 8.42 Å². The van der Waals surface area contributed by atoms with E-state index in [1.54, 1.807) is 30.1 Å². The predicted molar refractivity (Wildman–Crippen MR) is 129 cm³/mol. The number of guanidine groups is 1. The molecule has 0 spiro atoms. The van der Waals surface area contributed by atoms with Gasteiger partial charge in [-0.1, -0.05) is 32.9 Å². The lowest BCUT2D eigenvalue weighted by atomic mass is 9.87. The molecule has 2 rings (SSSR count). The van der Waals surface area contributed by atoms with Crippen LogP contribution in [-0.4, -0.2) is 55.5 Å². The number of aromatic nitrogens is 2. The normalized spacial score (nSPS) is 12.4. The summed E-state index contributed by atoms with van der Waals surface area (Å²) in [5, 5.41) is 7.28. The van der Waals surface area contributed by atoms with Gasteiger partial charge in [-0.25, -0.2) is 8.42 Å². The molecular weight excluding hydrogens is 501 g/mol. The van der Waals surface area contributed by atoms with Gasteiger partial charge in [0.1, 0.15) is 0 Å². The Morgan fingerprint density at radius 1 is 1.24 bits per heavy atom. The van der Waals surface area contributed by atoms with Crippen molar-refractivity contribution in [2.24, 2.45) is 12.0 Å². The van der Waals surface area contributed by atoms with Gasteiger partial charge in [0.25, 0.3) is 0 Å². The van der Waals surface area contributed by atoms with Gasteiger partial charge >= 0.3 is 0 Å². The van der Waals surface area contributed by atoms with Crippen molar-refractivity contribution in [2.45, 2.75) is 37.6 Å². The summed E-state index contributed by atoms with van der Waals surface area (Å²) in [6.07, 6.45) is 3.74. The van der Waals surface area contributed by atoms with Crippen molar-refractivity contribution in [3.8, 4) is 0 Å². The van der Waals surface area contributed by atoms with Crippen LogP contribution in [0.25, 0.3) is 0 Å². The summed E-state index contributed by atoms with van der Waals surface area (Å²) in [6, 6.07) is 7.17. The molecule has 162 valence electrons. The van der Waals surface area contributed by atoms with Crippen LogP contribution in [0.3, 0.4) is 0 Å². The van der Waals surface area contributed by atoms with E-state index < -0.39 is 9.84 Å². The molecule has 9 heteroatoms. The van der Waals surface area contributed by atoms with Crippen molar-refractivity contribution in [1.29, 1.82) is 0 Å². The maximum Gasteiger partial charge on any atom is 0.193 e. The molecule has 0 fully saturated rings. The van der Waals surface area contributed by atoms with E-state index in [2.05, 4.69) is 36.2 Å². The summed E-state index contributed by atoms with van der Waals surface area (Å²) in [5.41, 5.74) is 2.16. The van der Waals surface area contributed by atoms with E-state index in [0.717, 1.165) is 11.1 Å². The van der Waals surface area contributed by atoms with E-state index in [4.69, 9.17) is 0 Å². The quantitative estimate of drug-likeness (QED) is 0.351. The second-order valence-electron chi connectivity index (χ2n) is 7.95. The van der Waals surface area contributed by atoms with E-state index in [-0.39, 0.29) is 41.7 Å². The molecule has 1 heterocycles. The maximum absolute atomic E-state index is 12.6. The first-order chi connectivity index (χ1) is 13.0. The number of nitrogens with zero attached hydrogens (tertiary/aromatic N) is 4. The minimum absolute atomic E-state index is 0.